The summed E-state index contributed by atoms with van der Waals surface area (Å²) in [6.45, 7) is 0. The van der Waals surface area contributed by atoms with Gasteiger partial charge in [-0.2, -0.15) is 18.2 Å². The molecule has 0 saturated carbocycles. The van der Waals surface area contributed by atoms with E-state index in [-0.39, 0.29) is 5.95 Å². The van der Waals surface area contributed by atoms with Gasteiger partial charge in [0.15, 0.2) is 0 Å². The molecule has 1 aromatic heterocycles. The SMILES string of the molecule is FC(F)(F)c1nc2n(n1)[C@@H](c1c(Cl)cccc1Cl)C=C(c1ccc(Cl)cc1)N2. The van der Waals surface area contributed by atoms with Gasteiger partial charge in [-0.25, -0.2) is 4.68 Å². The molecule has 2 aromatic carbocycles. The second kappa shape index (κ2) is 6.99. The Morgan fingerprint density at radius 2 is 1.61 bits per heavy atom. The van der Waals surface area contributed by atoms with Crippen molar-refractivity contribution in [2.75, 3.05) is 5.32 Å². The fraction of sp³-hybridized carbons (Fsp3) is 0.111. The Kier molecular flexibility index (Phi) is 4.77. The van der Waals surface area contributed by atoms with Crippen LogP contribution in [0, 0.1) is 0 Å². The molecule has 0 amide bonds. The van der Waals surface area contributed by atoms with Gasteiger partial charge in [-0.05, 0) is 35.9 Å². The Labute approximate surface area is 172 Å². The largest absolute Gasteiger partial charge is 0.453 e. The number of halogens is 6. The fourth-order valence-corrected chi connectivity index (χ4v) is 3.66. The molecule has 4 nitrogen and oxygen atoms in total. The zero-order chi connectivity index (χ0) is 20.1. The third-order valence-electron chi connectivity index (χ3n) is 4.17. The van der Waals surface area contributed by atoms with E-state index in [2.05, 4.69) is 15.4 Å². The molecule has 1 aliphatic rings. The lowest BCUT2D eigenvalue weighted by Gasteiger charge is -2.25. The van der Waals surface area contributed by atoms with E-state index in [0.29, 0.717) is 31.9 Å². The number of allylic oxidation sites excluding steroid dienone is 1. The summed E-state index contributed by atoms with van der Waals surface area (Å²) in [5, 5.41) is 7.67. The monoisotopic (exact) mass is 444 g/mol. The maximum absolute atomic E-state index is 13.2. The van der Waals surface area contributed by atoms with E-state index >= 15 is 0 Å². The Bertz CT molecular complexity index is 1050. The number of hydrogen-bond donors (Lipinski definition) is 1. The summed E-state index contributed by atoms with van der Waals surface area (Å²) in [6, 6.07) is 10.9. The first-order valence-electron chi connectivity index (χ1n) is 7.96. The molecule has 1 atom stereocenters. The van der Waals surface area contributed by atoms with Crippen molar-refractivity contribution >= 4 is 46.4 Å². The molecule has 3 aromatic rings. The van der Waals surface area contributed by atoms with E-state index in [1.54, 1.807) is 48.5 Å². The molecule has 4 rings (SSSR count). The third-order valence-corrected chi connectivity index (χ3v) is 5.08. The highest BCUT2D eigenvalue weighted by Crippen LogP contribution is 2.40. The number of nitrogens with one attached hydrogen (secondary N) is 1. The summed E-state index contributed by atoms with van der Waals surface area (Å²) >= 11 is 18.5. The summed E-state index contributed by atoms with van der Waals surface area (Å²) in [7, 11) is 0. The number of alkyl halides is 3. The van der Waals surface area contributed by atoms with Gasteiger partial charge in [-0.1, -0.05) is 53.0 Å². The van der Waals surface area contributed by atoms with Gasteiger partial charge in [0, 0.05) is 26.3 Å². The highest BCUT2D eigenvalue weighted by Gasteiger charge is 2.39. The molecule has 0 fully saturated rings. The van der Waals surface area contributed by atoms with E-state index in [9.17, 15) is 13.2 Å². The maximum atomic E-state index is 13.2. The molecule has 1 N–H and O–H groups in total. The first-order chi connectivity index (χ1) is 13.2. The van der Waals surface area contributed by atoms with Crippen molar-refractivity contribution in [3.63, 3.8) is 0 Å². The minimum absolute atomic E-state index is 0.0687. The van der Waals surface area contributed by atoms with Crippen LogP contribution in [0.15, 0.2) is 48.5 Å². The zero-order valence-electron chi connectivity index (χ0n) is 13.8. The van der Waals surface area contributed by atoms with Crippen molar-refractivity contribution in [1.29, 1.82) is 0 Å². The van der Waals surface area contributed by atoms with Crippen LogP contribution in [0.2, 0.25) is 15.1 Å². The number of benzene rings is 2. The highest BCUT2D eigenvalue weighted by atomic mass is 35.5. The lowest BCUT2D eigenvalue weighted by atomic mass is 10.0. The normalized spacial score (nSPS) is 16.4. The maximum Gasteiger partial charge on any atom is 0.453 e. The molecular formula is C18H10Cl3F3N4. The average molecular weight is 446 g/mol. The topological polar surface area (TPSA) is 42.7 Å². The molecule has 0 aliphatic carbocycles. The van der Waals surface area contributed by atoms with Crippen molar-refractivity contribution in [3.8, 4) is 0 Å². The van der Waals surface area contributed by atoms with Crippen molar-refractivity contribution in [2.24, 2.45) is 0 Å². The van der Waals surface area contributed by atoms with E-state index < -0.39 is 18.0 Å². The number of rotatable bonds is 2. The molecule has 0 spiro atoms. The van der Waals surface area contributed by atoms with Crippen LogP contribution in [0.5, 0.6) is 0 Å². The molecule has 0 saturated heterocycles. The second-order valence-electron chi connectivity index (χ2n) is 5.99. The molecule has 0 unspecified atom stereocenters. The minimum Gasteiger partial charge on any atom is -0.324 e. The van der Waals surface area contributed by atoms with E-state index in [0.717, 1.165) is 4.68 Å². The van der Waals surface area contributed by atoms with Gasteiger partial charge in [0.05, 0.1) is 0 Å². The Balaban J connectivity index is 1.90. The molecule has 2 heterocycles. The summed E-state index contributed by atoms with van der Waals surface area (Å²) in [5.74, 6) is -1.32. The number of fused-ring (bicyclic) bond motifs is 1. The number of nitrogens with zero attached hydrogens (tertiary/aromatic N) is 3. The molecule has 1 aliphatic heterocycles. The fourth-order valence-electron chi connectivity index (χ4n) is 2.91. The summed E-state index contributed by atoms with van der Waals surface area (Å²) < 4.78 is 40.7. The minimum atomic E-state index is -4.69. The predicted molar refractivity (Wildman–Crippen MR) is 103 cm³/mol. The molecule has 10 heteroatoms. The van der Waals surface area contributed by atoms with Crippen LogP contribution in [0.25, 0.3) is 5.70 Å². The highest BCUT2D eigenvalue weighted by molar-refractivity contribution is 6.36. The van der Waals surface area contributed by atoms with Crippen LogP contribution in [0.4, 0.5) is 19.1 Å². The lowest BCUT2D eigenvalue weighted by Crippen LogP contribution is -2.21. The van der Waals surface area contributed by atoms with Gasteiger partial charge in [0.25, 0.3) is 5.82 Å². The molecule has 0 bridgehead atoms. The number of aromatic nitrogens is 3. The van der Waals surface area contributed by atoms with Gasteiger partial charge >= 0.3 is 6.18 Å². The summed E-state index contributed by atoms with van der Waals surface area (Å²) in [6.07, 6.45) is -3.00. The Hall–Kier alpha value is -2.22. The Morgan fingerprint density at radius 1 is 0.964 bits per heavy atom. The van der Waals surface area contributed by atoms with E-state index in [4.69, 9.17) is 34.8 Å². The van der Waals surface area contributed by atoms with Crippen molar-refractivity contribution < 1.29 is 13.2 Å². The summed E-state index contributed by atoms with van der Waals surface area (Å²) in [4.78, 5) is 3.61. The van der Waals surface area contributed by atoms with Crippen LogP contribution < -0.4 is 5.32 Å². The van der Waals surface area contributed by atoms with Crippen LogP contribution in [0.1, 0.15) is 23.0 Å². The first kappa shape index (κ1) is 19.1. The first-order valence-corrected chi connectivity index (χ1v) is 9.10. The van der Waals surface area contributed by atoms with E-state index in [1.807, 2.05) is 0 Å². The second-order valence-corrected chi connectivity index (χ2v) is 7.24. The summed E-state index contributed by atoms with van der Waals surface area (Å²) in [5.41, 5.74) is 1.67. The average Bonchev–Trinajstić information content (AvgIpc) is 3.07. The number of anilines is 1. The van der Waals surface area contributed by atoms with Gasteiger partial charge in [-0.15, -0.1) is 5.10 Å². The number of hydrogen-bond acceptors (Lipinski definition) is 3. The standard InChI is InChI=1S/C18H10Cl3F3N4/c19-10-6-4-9(5-7-10)13-8-14(15-11(20)2-1-3-12(15)21)28-17(25-13)26-16(27-28)18(22,23)24/h1-8,14H,(H,25,26,27)/t14-/m1/s1. The van der Waals surface area contributed by atoms with Crippen LogP contribution in [-0.2, 0) is 6.18 Å². The van der Waals surface area contributed by atoms with E-state index in [1.165, 1.54) is 0 Å². The molecule has 0 radical (unpaired) electrons. The molecule has 28 heavy (non-hydrogen) atoms. The van der Waals surface area contributed by atoms with Crippen LogP contribution >= 0.6 is 34.8 Å². The predicted octanol–water partition coefficient (Wildman–Crippen LogP) is 6.31. The van der Waals surface area contributed by atoms with Gasteiger partial charge < -0.3 is 5.32 Å². The Morgan fingerprint density at radius 3 is 2.21 bits per heavy atom. The quantitative estimate of drug-likeness (QED) is 0.502. The van der Waals surface area contributed by atoms with Crippen molar-refractivity contribution in [2.45, 2.75) is 12.2 Å². The van der Waals surface area contributed by atoms with Gasteiger partial charge in [0.1, 0.15) is 6.04 Å². The van der Waals surface area contributed by atoms with Crippen LogP contribution in [0.3, 0.4) is 0 Å². The zero-order valence-corrected chi connectivity index (χ0v) is 16.1. The smallest absolute Gasteiger partial charge is 0.324 e. The lowest BCUT2D eigenvalue weighted by molar-refractivity contribution is -0.145. The van der Waals surface area contributed by atoms with Gasteiger partial charge in [0.2, 0.25) is 5.95 Å². The van der Waals surface area contributed by atoms with Gasteiger partial charge in [-0.3, -0.25) is 0 Å². The van der Waals surface area contributed by atoms with Crippen molar-refractivity contribution in [1.82, 2.24) is 14.8 Å². The molecular weight excluding hydrogens is 436 g/mol. The van der Waals surface area contributed by atoms with Crippen LogP contribution in [-0.4, -0.2) is 14.8 Å². The van der Waals surface area contributed by atoms with Crippen molar-refractivity contribution in [3.05, 3.63) is 80.6 Å². The third kappa shape index (κ3) is 3.45. The molecule has 144 valence electrons.